The van der Waals surface area contributed by atoms with Crippen molar-refractivity contribution < 1.29 is 9.53 Å². The summed E-state index contributed by atoms with van der Waals surface area (Å²) < 4.78 is 5.47. The molecule has 2 aliphatic heterocycles. The van der Waals surface area contributed by atoms with E-state index in [0.717, 1.165) is 19.4 Å². The van der Waals surface area contributed by atoms with E-state index >= 15 is 0 Å². The van der Waals surface area contributed by atoms with Gasteiger partial charge in [0.15, 0.2) is 0 Å². The van der Waals surface area contributed by atoms with Crippen molar-refractivity contribution in [2.75, 3.05) is 13.2 Å². The highest BCUT2D eigenvalue weighted by Gasteiger charge is 2.43. The van der Waals surface area contributed by atoms with Gasteiger partial charge in [-0.3, -0.25) is 10.1 Å². The first kappa shape index (κ1) is 13.6. The van der Waals surface area contributed by atoms with Crippen LogP contribution in [0.5, 0.6) is 0 Å². The van der Waals surface area contributed by atoms with Crippen LogP contribution in [0.15, 0.2) is 24.3 Å². The molecule has 3 atom stereocenters. The molecule has 0 radical (unpaired) electrons. The molecule has 4 heteroatoms. The third kappa shape index (κ3) is 2.34. The van der Waals surface area contributed by atoms with Gasteiger partial charge in [-0.05, 0) is 25.3 Å². The first-order chi connectivity index (χ1) is 9.70. The summed E-state index contributed by atoms with van der Waals surface area (Å²) in [7, 11) is 0. The second kappa shape index (κ2) is 5.54. The maximum Gasteiger partial charge on any atom is 0.241 e. The Balaban J connectivity index is 1.92. The third-order valence-electron chi connectivity index (χ3n) is 4.25. The van der Waals surface area contributed by atoms with Crippen LogP contribution in [0, 0.1) is 6.92 Å². The van der Waals surface area contributed by atoms with Gasteiger partial charge in [-0.25, -0.2) is 0 Å². The number of nitrogens with one attached hydrogen (secondary N) is 1. The Morgan fingerprint density at radius 2 is 2.30 bits per heavy atom. The molecular formula is C16H22N2O2. The van der Waals surface area contributed by atoms with Crippen molar-refractivity contribution in [1.82, 2.24) is 10.2 Å². The molecule has 2 aliphatic rings. The maximum absolute atomic E-state index is 12.6. The lowest BCUT2D eigenvalue weighted by Gasteiger charge is -2.29. The molecular weight excluding hydrogens is 252 g/mol. The lowest BCUT2D eigenvalue weighted by Crippen LogP contribution is -2.40. The van der Waals surface area contributed by atoms with E-state index in [4.69, 9.17) is 4.74 Å². The van der Waals surface area contributed by atoms with Gasteiger partial charge < -0.3 is 9.64 Å². The molecule has 1 N–H and O–H groups in total. The number of ether oxygens (including phenoxy) is 1. The Morgan fingerprint density at radius 1 is 1.45 bits per heavy atom. The van der Waals surface area contributed by atoms with Crippen LogP contribution in [-0.2, 0) is 9.53 Å². The standard InChI is InChI=1S/C16H22N2O2/c1-3-14-16(19)18(13-7-8-20-10-13)15(17-14)12-6-4-5-11(2)9-12/h4-6,9,13-15,17H,3,7-8,10H2,1-2H3. The number of benzene rings is 1. The van der Waals surface area contributed by atoms with Crippen LogP contribution in [0.3, 0.4) is 0 Å². The Kier molecular flexibility index (Phi) is 3.76. The molecule has 0 saturated carbocycles. The van der Waals surface area contributed by atoms with Crippen LogP contribution >= 0.6 is 0 Å². The van der Waals surface area contributed by atoms with E-state index in [9.17, 15) is 4.79 Å². The van der Waals surface area contributed by atoms with Crippen LogP contribution in [0.2, 0.25) is 0 Å². The average molecular weight is 274 g/mol. The first-order valence-electron chi connectivity index (χ1n) is 7.43. The van der Waals surface area contributed by atoms with E-state index < -0.39 is 0 Å². The van der Waals surface area contributed by atoms with Gasteiger partial charge in [0.2, 0.25) is 5.91 Å². The molecule has 1 aromatic rings. The van der Waals surface area contributed by atoms with Crippen LogP contribution in [-0.4, -0.2) is 36.1 Å². The Labute approximate surface area is 120 Å². The molecule has 0 bridgehead atoms. The fraction of sp³-hybridized carbons (Fsp3) is 0.562. The third-order valence-corrected chi connectivity index (χ3v) is 4.25. The summed E-state index contributed by atoms with van der Waals surface area (Å²) >= 11 is 0. The van der Waals surface area contributed by atoms with E-state index in [1.807, 2.05) is 4.90 Å². The lowest BCUT2D eigenvalue weighted by atomic mass is 10.1. The van der Waals surface area contributed by atoms with Crippen LogP contribution in [0.25, 0.3) is 0 Å². The summed E-state index contributed by atoms with van der Waals surface area (Å²) in [5, 5.41) is 3.48. The molecule has 108 valence electrons. The summed E-state index contributed by atoms with van der Waals surface area (Å²) in [6.45, 7) is 5.55. The van der Waals surface area contributed by atoms with Gasteiger partial charge >= 0.3 is 0 Å². The van der Waals surface area contributed by atoms with Crippen LogP contribution in [0.4, 0.5) is 0 Å². The SMILES string of the molecule is CCC1NC(c2cccc(C)c2)N(C2CCOC2)C1=O. The molecule has 2 saturated heterocycles. The summed E-state index contributed by atoms with van der Waals surface area (Å²) in [5.74, 6) is 0.217. The number of amides is 1. The van der Waals surface area contributed by atoms with E-state index in [0.29, 0.717) is 6.61 Å². The van der Waals surface area contributed by atoms with Gasteiger partial charge in [0.05, 0.1) is 18.7 Å². The molecule has 0 spiro atoms. The number of carbonyl (C=O) groups is 1. The van der Waals surface area contributed by atoms with Crippen molar-refractivity contribution in [1.29, 1.82) is 0 Å². The smallest absolute Gasteiger partial charge is 0.241 e. The van der Waals surface area contributed by atoms with Crippen LogP contribution < -0.4 is 5.32 Å². The zero-order valence-electron chi connectivity index (χ0n) is 12.1. The summed E-state index contributed by atoms with van der Waals surface area (Å²) in [6, 6.07) is 8.53. The van der Waals surface area contributed by atoms with Crippen molar-refractivity contribution in [3.63, 3.8) is 0 Å². The maximum atomic E-state index is 12.6. The number of nitrogens with zero attached hydrogens (tertiary/aromatic N) is 1. The van der Waals surface area contributed by atoms with Gasteiger partial charge in [0.1, 0.15) is 6.17 Å². The van der Waals surface area contributed by atoms with Gasteiger partial charge in [0, 0.05) is 6.61 Å². The highest BCUT2D eigenvalue weighted by molar-refractivity contribution is 5.85. The van der Waals surface area contributed by atoms with E-state index in [-0.39, 0.29) is 24.2 Å². The number of rotatable bonds is 3. The largest absolute Gasteiger partial charge is 0.379 e. The predicted octanol–water partition coefficient (Wildman–Crippen LogP) is 1.99. The van der Waals surface area contributed by atoms with Gasteiger partial charge in [0.25, 0.3) is 0 Å². The van der Waals surface area contributed by atoms with Crippen molar-refractivity contribution in [2.45, 2.75) is 44.9 Å². The molecule has 1 amide bonds. The fourth-order valence-corrected chi connectivity index (χ4v) is 3.17. The number of hydrogen-bond acceptors (Lipinski definition) is 3. The molecule has 1 aromatic carbocycles. The minimum absolute atomic E-state index is 0.0148. The normalized spacial score (nSPS) is 30.2. The molecule has 20 heavy (non-hydrogen) atoms. The monoisotopic (exact) mass is 274 g/mol. The van der Waals surface area contributed by atoms with Crippen molar-refractivity contribution in [3.05, 3.63) is 35.4 Å². The van der Waals surface area contributed by atoms with Gasteiger partial charge in [-0.2, -0.15) is 0 Å². The Hall–Kier alpha value is -1.39. The van der Waals surface area contributed by atoms with Crippen LogP contribution in [0.1, 0.15) is 37.1 Å². The topological polar surface area (TPSA) is 41.6 Å². The molecule has 3 rings (SSSR count). The molecule has 0 aromatic heterocycles. The second-order valence-corrected chi connectivity index (χ2v) is 5.71. The molecule has 2 heterocycles. The highest BCUT2D eigenvalue weighted by atomic mass is 16.5. The van der Waals surface area contributed by atoms with E-state index in [1.165, 1.54) is 11.1 Å². The average Bonchev–Trinajstić information content (AvgIpc) is 3.05. The molecule has 2 fully saturated rings. The summed E-state index contributed by atoms with van der Waals surface area (Å²) in [4.78, 5) is 14.6. The minimum Gasteiger partial charge on any atom is -0.379 e. The van der Waals surface area contributed by atoms with Gasteiger partial charge in [-0.1, -0.05) is 36.8 Å². The molecule has 4 nitrogen and oxygen atoms in total. The van der Waals surface area contributed by atoms with Crippen molar-refractivity contribution >= 4 is 5.91 Å². The molecule has 0 aliphatic carbocycles. The second-order valence-electron chi connectivity index (χ2n) is 5.71. The predicted molar refractivity (Wildman–Crippen MR) is 77.2 cm³/mol. The number of aryl methyl sites for hydroxylation is 1. The molecule has 3 unspecified atom stereocenters. The van der Waals surface area contributed by atoms with E-state index in [2.05, 4.69) is 43.4 Å². The number of hydrogen-bond donors (Lipinski definition) is 1. The zero-order valence-corrected chi connectivity index (χ0v) is 12.1. The quantitative estimate of drug-likeness (QED) is 0.916. The Bertz CT molecular complexity index is 497. The minimum atomic E-state index is -0.0684. The highest BCUT2D eigenvalue weighted by Crippen LogP contribution is 2.31. The van der Waals surface area contributed by atoms with Crippen molar-refractivity contribution in [2.24, 2.45) is 0 Å². The zero-order chi connectivity index (χ0) is 14.1. The fourth-order valence-electron chi connectivity index (χ4n) is 3.17. The Morgan fingerprint density at radius 3 is 2.95 bits per heavy atom. The first-order valence-corrected chi connectivity index (χ1v) is 7.43. The van der Waals surface area contributed by atoms with Gasteiger partial charge in [-0.15, -0.1) is 0 Å². The van der Waals surface area contributed by atoms with Crippen molar-refractivity contribution in [3.8, 4) is 0 Å². The summed E-state index contributed by atoms with van der Waals surface area (Å²) in [5.41, 5.74) is 2.39. The van der Waals surface area contributed by atoms with E-state index in [1.54, 1.807) is 0 Å². The summed E-state index contributed by atoms with van der Waals surface area (Å²) in [6.07, 6.45) is 1.75. The number of carbonyl (C=O) groups excluding carboxylic acids is 1. The lowest BCUT2D eigenvalue weighted by molar-refractivity contribution is -0.132.